The van der Waals surface area contributed by atoms with Gasteiger partial charge in [-0.05, 0) is 26.4 Å². The van der Waals surface area contributed by atoms with Crippen LogP contribution < -0.4 is 11.1 Å². The number of carboxylic acids is 1. The maximum atomic E-state index is 11.4. The highest BCUT2D eigenvalue weighted by Gasteiger charge is 2.23. The van der Waals surface area contributed by atoms with E-state index in [0.717, 1.165) is 19.4 Å². The molecule has 1 rings (SSSR count). The second-order valence-corrected chi connectivity index (χ2v) is 4.23. The van der Waals surface area contributed by atoms with Crippen LogP contribution in [0.3, 0.4) is 0 Å². The number of rotatable bonds is 5. The molecule has 6 heteroatoms. The Kier molecular flexibility index (Phi) is 4.70. The van der Waals surface area contributed by atoms with Crippen molar-refractivity contribution in [3.8, 4) is 0 Å². The summed E-state index contributed by atoms with van der Waals surface area (Å²) in [4.78, 5) is 24.0. The highest BCUT2D eigenvalue weighted by molar-refractivity contribution is 5.85. The Morgan fingerprint density at radius 2 is 2.31 bits per heavy atom. The number of carboxylic acid groups (broad SMARTS) is 1. The molecule has 0 aromatic carbocycles. The van der Waals surface area contributed by atoms with Gasteiger partial charge in [0, 0.05) is 12.6 Å². The van der Waals surface area contributed by atoms with Gasteiger partial charge in [-0.1, -0.05) is 0 Å². The van der Waals surface area contributed by atoms with Gasteiger partial charge in [0.25, 0.3) is 0 Å². The molecule has 0 aliphatic carbocycles. The summed E-state index contributed by atoms with van der Waals surface area (Å²) in [6.07, 6.45) is 1.87. The van der Waals surface area contributed by atoms with E-state index in [1.165, 1.54) is 0 Å². The zero-order valence-electron chi connectivity index (χ0n) is 9.48. The molecule has 2 atom stereocenters. The first-order chi connectivity index (χ1) is 7.50. The van der Waals surface area contributed by atoms with Crippen molar-refractivity contribution in [1.29, 1.82) is 0 Å². The van der Waals surface area contributed by atoms with Crippen LogP contribution in [0, 0.1) is 0 Å². The molecule has 1 saturated heterocycles. The number of nitrogens with two attached hydrogens (primary N) is 1. The van der Waals surface area contributed by atoms with E-state index < -0.39 is 12.0 Å². The van der Waals surface area contributed by atoms with Crippen LogP contribution in [0.2, 0.25) is 0 Å². The van der Waals surface area contributed by atoms with Gasteiger partial charge in [-0.2, -0.15) is 0 Å². The summed E-state index contributed by atoms with van der Waals surface area (Å²) in [5.41, 5.74) is 5.43. The predicted molar refractivity (Wildman–Crippen MR) is 58.9 cm³/mol. The van der Waals surface area contributed by atoms with E-state index in [1.54, 1.807) is 0 Å². The van der Waals surface area contributed by atoms with Gasteiger partial charge >= 0.3 is 5.97 Å². The molecule has 0 radical (unpaired) electrons. The van der Waals surface area contributed by atoms with Gasteiger partial charge in [0.2, 0.25) is 5.91 Å². The molecule has 1 amide bonds. The lowest BCUT2D eigenvalue weighted by atomic mass is 10.2. The molecule has 16 heavy (non-hydrogen) atoms. The molecule has 0 spiro atoms. The fourth-order valence-corrected chi connectivity index (χ4v) is 1.87. The smallest absolute Gasteiger partial charge is 0.305 e. The molecule has 0 saturated carbocycles. The van der Waals surface area contributed by atoms with Gasteiger partial charge in [0.1, 0.15) is 0 Å². The quantitative estimate of drug-likeness (QED) is 0.562. The lowest BCUT2D eigenvalue weighted by Crippen LogP contribution is -2.46. The van der Waals surface area contributed by atoms with Gasteiger partial charge in [-0.3, -0.25) is 9.59 Å². The number of carbonyl (C=O) groups excluding carboxylic acids is 1. The van der Waals surface area contributed by atoms with E-state index in [2.05, 4.69) is 10.2 Å². The highest BCUT2D eigenvalue weighted by Crippen LogP contribution is 2.13. The molecule has 6 nitrogen and oxygen atoms in total. The average molecular weight is 229 g/mol. The van der Waals surface area contributed by atoms with E-state index >= 15 is 0 Å². The third kappa shape index (κ3) is 3.79. The number of hydrogen-bond acceptors (Lipinski definition) is 4. The lowest BCUT2D eigenvalue weighted by Gasteiger charge is -2.20. The van der Waals surface area contributed by atoms with E-state index in [-0.39, 0.29) is 12.3 Å². The molecule has 0 bridgehead atoms. The molecule has 4 N–H and O–H groups in total. The molecule has 2 unspecified atom stereocenters. The van der Waals surface area contributed by atoms with Gasteiger partial charge in [0.05, 0.1) is 12.5 Å². The largest absolute Gasteiger partial charge is 0.481 e. The third-order valence-corrected chi connectivity index (χ3v) is 2.91. The zero-order valence-corrected chi connectivity index (χ0v) is 9.48. The topological polar surface area (TPSA) is 95.7 Å². The fourth-order valence-electron chi connectivity index (χ4n) is 1.87. The molecule has 0 aromatic heterocycles. The Bertz CT molecular complexity index is 270. The van der Waals surface area contributed by atoms with Crippen molar-refractivity contribution in [2.75, 3.05) is 20.1 Å². The first-order valence-corrected chi connectivity index (χ1v) is 5.46. The SMILES string of the molecule is CN1CCCC1CNC(=O)C(N)CC(=O)O. The predicted octanol–water partition coefficient (Wildman–Crippen LogP) is -1.00. The average Bonchev–Trinajstić information content (AvgIpc) is 2.59. The molecule has 0 aromatic rings. The number of aliphatic carboxylic acids is 1. The Morgan fingerprint density at radius 1 is 1.62 bits per heavy atom. The fraction of sp³-hybridized carbons (Fsp3) is 0.800. The third-order valence-electron chi connectivity index (χ3n) is 2.91. The summed E-state index contributed by atoms with van der Waals surface area (Å²) in [7, 11) is 2.01. The number of amides is 1. The normalized spacial score (nSPS) is 23.0. The number of nitrogens with one attached hydrogen (secondary N) is 1. The van der Waals surface area contributed by atoms with Crippen molar-refractivity contribution >= 4 is 11.9 Å². The van der Waals surface area contributed by atoms with Crippen molar-refractivity contribution in [3.63, 3.8) is 0 Å². The first-order valence-electron chi connectivity index (χ1n) is 5.46. The van der Waals surface area contributed by atoms with Crippen LogP contribution in [0.25, 0.3) is 0 Å². The zero-order chi connectivity index (χ0) is 12.1. The van der Waals surface area contributed by atoms with Gasteiger partial charge in [-0.15, -0.1) is 0 Å². The van der Waals surface area contributed by atoms with E-state index in [1.807, 2.05) is 7.05 Å². The summed E-state index contributed by atoms with van der Waals surface area (Å²) in [6, 6.07) is -0.606. The Balaban J connectivity index is 2.26. The van der Waals surface area contributed by atoms with Crippen molar-refractivity contribution in [2.45, 2.75) is 31.3 Å². The van der Waals surface area contributed by atoms with Gasteiger partial charge in [-0.25, -0.2) is 0 Å². The van der Waals surface area contributed by atoms with Crippen molar-refractivity contribution in [2.24, 2.45) is 5.73 Å². The number of carbonyl (C=O) groups is 2. The molecule has 1 aliphatic rings. The minimum absolute atomic E-state index is 0.327. The molecular weight excluding hydrogens is 210 g/mol. The van der Waals surface area contributed by atoms with Crippen LogP contribution in [0.5, 0.6) is 0 Å². The summed E-state index contributed by atoms with van der Waals surface area (Å²) >= 11 is 0. The second kappa shape index (κ2) is 5.81. The van der Waals surface area contributed by atoms with E-state index in [0.29, 0.717) is 12.6 Å². The van der Waals surface area contributed by atoms with E-state index in [9.17, 15) is 9.59 Å². The summed E-state index contributed by atoms with van der Waals surface area (Å²) < 4.78 is 0. The van der Waals surface area contributed by atoms with Gasteiger partial charge < -0.3 is 21.1 Å². The van der Waals surface area contributed by atoms with E-state index in [4.69, 9.17) is 10.8 Å². The van der Waals surface area contributed by atoms with Crippen molar-refractivity contribution in [1.82, 2.24) is 10.2 Å². The standard InChI is InChI=1S/C10H19N3O3/c1-13-4-2-3-7(13)6-12-10(16)8(11)5-9(14)15/h7-8H,2-6,11H2,1H3,(H,12,16)(H,14,15). The monoisotopic (exact) mass is 229 g/mol. The Hall–Kier alpha value is -1.14. The molecule has 1 aliphatic heterocycles. The molecule has 92 valence electrons. The lowest BCUT2D eigenvalue weighted by molar-refractivity contribution is -0.139. The second-order valence-electron chi connectivity index (χ2n) is 4.23. The maximum absolute atomic E-state index is 11.4. The van der Waals surface area contributed by atoms with Gasteiger partial charge in [0.15, 0.2) is 0 Å². The van der Waals surface area contributed by atoms with Crippen LogP contribution in [-0.2, 0) is 9.59 Å². The molecule has 1 heterocycles. The summed E-state index contributed by atoms with van der Waals surface area (Å²) in [6.45, 7) is 1.59. The minimum Gasteiger partial charge on any atom is -0.481 e. The van der Waals surface area contributed by atoms with Crippen LogP contribution in [0.15, 0.2) is 0 Å². The molecular formula is C10H19N3O3. The number of nitrogens with zero attached hydrogens (tertiary/aromatic N) is 1. The highest BCUT2D eigenvalue weighted by atomic mass is 16.4. The Morgan fingerprint density at radius 3 is 2.81 bits per heavy atom. The van der Waals surface area contributed by atoms with Crippen LogP contribution in [0.1, 0.15) is 19.3 Å². The Labute approximate surface area is 94.8 Å². The summed E-state index contributed by atoms with van der Waals surface area (Å²) in [5.74, 6) is -1.44. The maximum Gasteiger partial charge on any atom is 0.305 e. The van der Waals surface area contributed by atoms with Crippen LogP contribution in [0.4, 0.5) is 0 Å². The summed E-state index contributed by atoms with van der Waals surface area (Å²) in [5, 5.41) is 11.2. The molecule has 1 fully saturated rings. The number of hydrogen-bond donors (Lipinski definition) is 3. The van der Waals surface area contributed by atoms with Crippen molar-refractivity contribution < 1.29 is 14.7 Å². The minimum atomic E-state index is -1.05. The van der Waals surface area contributed by atoms with Crippen LogP contribution in [-0.4, -0.2) is 54.1 Å². The van der Waals surface area contributed by atoms with Crippen LogP contribution >= 0.6 is 0 Å². The number of likely N-dealkylation sites (tertiary alicyclic amines) is 1. The van der Waals surface area contributed by atoms with Crippen molar-refractivity contribution in [3.05, 3.63) is 0 Å². The first kappa shape index (κ1) is 12.9. The number of likely N-dealkylation sites (N-methyl/N-ethyl adjacent to an activating group) is 1.